The number of amides is 2. The summed E-state index contributed by atoms with van der Waals surface area (Å²) in [5.41, 5.74) is 11.3. The van der Waals surface area contributed by atoms with Crippen LogP contribution in [0.25, 0.3) is 0 Å². The molecule has 10 rings (SSSR count). The zero-order valence-corrected chi connectivity index (χ0v) is 90.6. The van der Waals surface area contributed by atoms with Crippen LogP contribution in [0.1, 0.15) is 121 Å². The van der Waals surface area contributed by atoms with Gasteiger partial charge in [0.05, 0.1) is 167 Å². The van der Waals surface area contributed by atoms with E-state index >= 15 is 0 Å². The Balaban J connectivity index is 0.000000364. The van der Waals surface area contributed by atoms with E-state index in [1.807, 2.05) is 173 Å². The van der Waals surface area contributed by atoms with E-state index in [4.69, 9.17) is 109 Å². The quantitative estimate of drug-likeness (QED) is 0.0210. The van der Waals surface area contributed by atoms with Gasteiger partial charge in [-0.2, -0.15) is 0 Å². The molecule has 766 valence electrons. The minimum absolute atomic E-state index is 0. The van der Waals surface area contributed by atoms with Crippen molar-refractivity contribution in [1.82, 2.24) is 5.06 Å². The Bertz CT molecular complexity index is 5040. The average molecular weight is 2280 g/mol. The average Bonchev–Trinajstić information content (AvgIpc) is 1.16. The first-order valence-electron chi connectivity index (χ1n) is 42.9. The third-order valence-electron chi connectivity index (χ3n) is 22.9. The van der Waals surface area contributed by atoms with Gasteiger partial charge < -0.3 is 139 Å². The summed E-state index contributed by atoms with van der Waals surface area (Å²) in [6.45, 7) is 0.968. The summed E-state index contributed by atoms with van der Waals surface area (Å²) in [5, 5.41) is 9.70. The number of carbonyl (C=O) groups is 4. The van der Waals surface area contributed by atoms with Crippen LogP contribution in [0.4, 0.5) is 34.1 Å². The Hall–Kier alpha value is -12.2. The van der Waals surface area contributed by atoms with Crippen LogP contribution in [0.5, 0.6) is 121 Å². The third kappa shape index (κ3) is 27.9. The fourth-order valence-corrected chi connectivity index (χ4v) is 16.0. The number of nitrogens with zero attached hydrogens (tertiary/aromatic N) is 7. The molecule has 1 N–H and O–H groups in total. The van der Waals surface area contributed by atoms with Crippen molar-refractivity contribution in [2.75, 3.05) is 262 Å². The molecule has 0 radical (unpaired) electrons. The van der Waals surface area contributed by atoms with Crippen LogP contribution < -0.4 is 142 Å². The van der Waals surface area contributed by atoms with Gasteiger partial charge in [0.1, 0.15) is 121 Å². The minimum atomic E-state index is -0.830. The number of hydrogen-bond donors (Lipinski definition) is 1. The maximum absolute atomic E-state index is 12.5. The van der Waals surface area contributed by atoms with E-state index in [1.165, 1.54) is 0 Å². The number of aliphatic carboxylic acids is 1. The number of benzene rings is 9. The van der Waals surface area contributed by atoms with E-state index in [0.717, 1.165) is 45.3 Å². The number of methoxy groups -OCH3 is 21. The molecule has 37 heteroatoms. The van der Waals surface area contributed by atoms with Gasteiger partial charge in [0, 0.05) is 303 Å². The van der Waals surface area contributed by atoms with Crippen molar-refractivity contribution in [2.24, 2.45) is 0 Å². The first kappa shape index (κ1) is 117. The molecule has 1 aliphatic heterocycles. The van der Waals surface area contributed by atoms with Crippen molar-refractivity contribution >= 4 is 95.1 Å². The first-order chi connectivity index (χ1) is 65.6. The molecule has 139 heavy (non-hydrogen) atoms. The van der Waals surface area contributed by atoms with E-state index < -0.39 is 41.5 Å². The summed E-state index contributed by atoms with van der Waals surface area (Å²) >= 11 is 5.30. The summed E-state index contributed by atoms with van der Waals surface area (Å²) in [7, 11) is 53.0. The monoisotopic (exact) mass is 2270 g/mol. The summed E-state index contributed by atoms with van der Waals surface area (Å²) in [6.07, 6.45) is 1.03. The number of rotatable bonds is 45. The number of ether oxygens (including phenoxy) is 21. The standard InChI is InChI=1S/C38H50N4O10.C34H47N3O8.C28H34O9.2CH4.I3/c1-39(2)23-17-26(46-6)35(27(18-23)47-7)38(36-28(48-8)19-24(40(3)4)20-29(36)49-9)37-30(50-10)21-25(22-31(37)51-11)41(5)16-12-13-34(45)52-42-32(43)14-15-33(42)44;1-35(2)21-15-24(40-6)31(25(16-21)41-7)34(32-26(42-8)17-22(36(3)4)18-27(32)43-9)33-28(44-10)19-23(20-29(33)45-11)37(5)14-12-13-30(38)39;1-29-16-10-19(32-4)25(20(11-16)33-5)28(26-21(34-6)12-17(30-2)13-22(26)35-7)27-23(36-8)14-18(31-3)15-24(27)37-9;;;1-3-2/h17-22,38H,12-16H2,1-11H3;15-20,34H,12-14H2,1-11H3,(H,38,39);10-15,28H,1-9H3;2*1H4;/q;;;;;-1. The topological polar surface area (TPSA) is 314 Å². The molecule has 9 aromatic rings. The maximum atomic E-state index is 12.5. The zero-order chi connectivity index (χ0) is 102. The van der Waals surface area contributed by atoms with Crippen molar-refractivity contribution in [3.05, 3.63) is 159 Å². The van der Waals surface area contributed by atoms with E-state index in [2.05, 4.69) is 37.2 Å². The molecular formula is C102H139I3N7O27-. The molecule has 0 unspecified atom stereocenters. The number of halogens is 3. The number of hydroxylamine groups is 2. The van der Waals surface area contributed by atoms with Gasteiger partial charge in [-0.25, -0.2) is 4.79 Å². The fourth-order valence-electron chi connectivity index (χ4n) is 16.0. The number of carbonyl (C=O) groups excluding carboxylic acids is 3. The fraction of sp³-hybridized carbons (Fsp3) is 0.431. The summed E-state index contributed by atoms with van der Waals surface area (Å²) in [5.74, 6) is 7.03. The molecule has 1 aliphatic rings. The second-order valence-corrected chi connectivity index (χ2v) is 47.6. The molecule has 34 nitrogen and oxygen atoms in total. The van der Waals surface area contributed by atoms with Crippen LogP contribution in [0.15, 0.2) is 109 Å². The Kier molecular flexibility index (Phi) is 47.4. The Morgan fingerprint density at radius 1 is 0.288 bits per heavy atom. The molecular weight excluding hydrogens is 2140 g/mol. The van der Waals surface area contributed by atoms with Gasteiger partial charge in [-0.05, 0) is 12.8 Å². The molecule has 9 aromatic carbocycles. The zero-order valence-electron chi connectivity index (χ0n) is 84.1. The molecule has 0 aromatic heterocycles. The Morgan fingerprint density at radius 2 is 0.446 bits per heavy atom. The molecule has 0 spiro atoms. The van der Waals surface area contributed by atoms with Gasteiger partial charge in [0.25, 0.3) is 11.8 Å². The van der Waals surface area contributed by atoms with Gasteiger partial charge in [-0.3, -0.25) is 14.4 Å². The van der Waals surface area contributed by atoms with Crippen LogP contribution in [-0.2, 0) is 24.0 Å². The van der Waals surface area contributed by atoms with Crippen LogP contribution in [0.2, 0.25) is 0 Å². The first-order valence-corrected chi connectivity index (χ1v) is 55.4. The van der Waals surface area contributed by atoms with Crippen molar-refractivity contribution in [3.8, 4) is 121 Å². The van der Waals surface area contributed by atoms with E-state index in [-0.39, 0.29) is 40.5 Å². The molecule has 0 aliphatic carbocycles. The second-order valence-electron chi connectivity index (χ2n) is 31.3. The summed E-state index contributed by atoms with van der Waals surface area (Å²) in [6, 6.07) is 34.0. The SMILES string of the molecule is C.C.COc1cc(N(C)C)cc(OC)c1C(c1c(OC)cc(N(C)C)cc1OC)c1c(OC)cc(N(C)CCCC(=O)O)cc1OC.COc1cc(N(C)C)cc(OC)c1C(c1c(OC)cc(N(C)C)cc1OC)c1c(OC)cc(N(C)CCCC(=O)ON2C(=O)CCC2=O)cc1OC.COc1cc(OC)c(C(c2c(OC)cc(OC)cc2OC)c2c(OC)cc(OC)cc2OC)c(OC)c1.I[I-]I. The predicted molar refractivity (Wildman–Crippen MR) is 557 cm³/mol. The molecule has 0 bridgehead atoms. The van der Waals surface area contributed by atoms with Crippen molar-refractivity contribution in [2.45, 2.75) is 71.1 Å². The summed E-state index contributed by atoms with van der Waals surface area (Å²) < 4.78 is 125. The molecule has 1 fully saturated rings. The van der Waals surface area contributed by atoms with Gasteiger partial charge >= 0.3 is 62.4 Å². The normalized spacial score (nSPS) is 11.1. The van der Waals surface area contributed by atoms with Crippen LogP contribution >= 0.6 is 37.2 Å². The molecule has 0 atom stereocenters. The number of imide groups is 1. The van der Waals surface area contributed by atoms with Gasteiger partial charge in [-0.1, -0.05) is 14.9 Å². The van der Waals surface area contributed by atoms with E-state index in [1.54, 1.807) is 186 Å². The van der Waals surface area contributed by atoms with Crippen LogP contribution in [0, 0.1) is 0 Å². The molecule has 2 amide bonds. The van der Waals surface area contributed by atoms with Gasteiger partial charge in [0.15, 0.2) is 0 Å². The predicted octanol–water partition coefficient (Wildman–Crippen LogP) is 15.2. The molecule has 0 saturated carbocycles. The third-order valence-corrected chi connectivity index (χ3v) is 22.9. The van der Waals surface area contributed by atoms with Gasteiger partial charge in [0.2, 0.25) is 0 Å². The number of hydrogen-bond acceptors (Lipinski definition) is 32. The number of carboxylic acids is 1. The van der Waals surface area contributed by atoms with Crippen molar-refractivity contribution in [1.29, 1.82) is 0 Å². The second kappa shape index (κ2) is 56.2. The van der Waals surface area contributed by atoms with Crippen LogP contribution in [-0.4, -0.2) is 267 Å². The van der Waals surface area contributed by atoms with Crippen molar-refractivity contribution < 1.29 is 142 Å². The van der Waals surface area contributed by atoms with E-state index in [9.17, 15) is 19.2 Å². The summed E-state index contributed by atoms with van der Waals surface area (Å²) in [4.78, 5) is 64.1. The van der Waals surface area contributed by atoms with Crippen LogP contribution in [0.3, 0.4) is 0 Å². The van der Waals surface area contributed by atoms with E-state index in [0.29, 0.717) is 204 Å². The Morgan fingerprint density at radius 3 is 0.597 bits per heavy atom. The number of carboxylic acid groups (broad SMARTS) is 1. The Labute approximate surface area is 849 Å². The van der Waals surface area contributed by atoms with Crippen molar-refractivity contribution in [3.63, 3.8) is 0 Å². The molecule has 1 heterocycles. The van der Waals surface area contributed by atoms with Gasteiger partial charge in [-0.15, -0.1) is 5.06 Å². The molecule has 1 saturated heterocycles. The number of anilines is 6.